The van der Waals surface area contributed by atoms with Gasteiger partial charge in [-0.05, 0) is 83.3 Å². The van der Waals surface area contributed by atoms with Gasteiger partial charge in [-0.25, -0.2) is 0 Å². The third kappa shape index (κ3) is 6.23. The normalized spacial score (nSPS) is 12.7. The Kier molecular flexibility index (Phi) is 8.80. The molecule has 2 atom stereocenters. The molecule has 0 saturated carbocycles. The summed E-state index contributed by atoms with van der Waals surface area (Å²) in [7, 11) is 3.37. The van der Waals surface area contributed by atoms with Crippen molar-refractivity contribution in [3.63, 3.8) is 0 Å². The van der Waals surface area contributed by atoms with E-state index in [1.807, 2.05) is 24.3 Å². The van der Waals surface area contributed by atoms with Crippen molar-refractivity contribution in [2.75, 3.05) is 26.7 Å². The van der Waals surface area contributed by atoms with Gasteiger partial charge in [0, 0.05) is 9.79 Å². The van der Waals surface area contributed by atoms with Crippen LogP contribution in [-0.4, -0.2) is 26.7 Å². The second kappa shape index (κ2) is 12.2. The van der Waals surface area contributed by atoms with Crippen LogP contribution in [0.1, 0.15) is 34.5 Å². The Bertz CT molecular complexity index is 997. The van der Waals surface area contributed by atoms with Crippen LogP contribution in [-0.2, 0) is 4.74 Å². The molecule has 0 aromatic heterocycles. The molecule has 3 nitrogen and oxygen atoms in total. The van der Waals surface area contributed by atoms with Crippen LogP contribution in [0.5, 0.6) is 11.5 Å². The second-order valence-corrected chi connectivity index (χ2v) is 9.75. The van der Waals surface area contributed by atoms with E-state index in [0.29, 0.717) is 0 Å². The van der Waals surface area contributed by atoms with Crippen molar-refractivity contribution in [2.24, 2.45) is 0 Å². The van der Waals surface area contributed by atoms with E-state index in [4.69, 9.17) is 14.2 Å². The zero-order chi connectivity index (χ0) is 24.6. The van der Waals surface area contributed by atoms with E-state index in [-0.39, 0.29) is 12.2 Å². The van der Waals surface area contributed by atoms with E-state index in [1.54, 1.807) is 37.7 Å². The summed E-state index contributed by atoms with van der Waals surface area (Å²) in [6.45, 7) is 0. The second-order valence-electron chi connectivity index (χ2n) is 7.99. The number of ether oxygens (including phenoxy) is 3. The molecule has 35 heavy (non-hydrogen) atoms. The average molecular weight is 503 g/mol. The summed E-state index contributed by atoms with van der Waals surface area (Å²) in [4.78, 5) is 2.45. The van der Waals surface area contributed by atoms with Gasteiger partial charge >= 0.3 is 0 Å². The van der Waals surface area contributed by atoms with Crippen molar-refractivity contribution in [2.45, 2.75) is 22.0 Å². The van der Waals surface area contributed by atoms with Gasteiger partial charge in [0.05, 0.1) is 14.2 Å². The molecule has 0 fully saturated rings. The number of thioether (sulfide) groups is 2. The first-order valence-corrected chi connectivity index (χ1v) is 13.8. The molecule has 4 aromatic carbocycles. The van der Waals surface area contributed by atoms with Crippen LogP contribution in [0.2, 0.25) is 0 Å². The summed E-state index contributed by atoms with van der Waals surface area (Å²) in [5.41, 5.74) is 4.35. The fourth-order valence-corrected chi connectivity index (χ4v) is 4.77. The molecule has 0 heterocycles. The van der Waals surface area contributed by atoms with Gasteiger partial charge in [0.25, 0.3) is 0 Å². The molecular formula is C30H30O3S2. The van der Waals surface area contributed by atoms with Crippen LogP contribution >= 0.6 is 23.5 Å². The maximum atomic E-state index is 6.99. The highest BCUT2D eigenvalue weighted by atomic mass is 32.2. The molecule has 0 bridgehead atoms. The molecule has 0 radical (unpaired) electrons. The van der Waals surface area contributed by atoms with E-state index in [9.17, 15) is 0 Å². The number of benzene rings is 4. The summed E-state index contributed by atoms with van der Waals surface area (Å²) in [6.07, 6.45) is 3.66. The highest BCUT2D eigenvalue weighted by Crippen LogP contribution is 2.38. The molecule has 0 spiro atoms. The molecule has 0 saturated heterocycles. The predicted octanol–water partition coefficient (Wildman–Crippen LogP) is 8.04. The monoisotopic (exact) mass is 502 g/mol. The topological polar surface area (TPSA) is 27.7 Å². The standard InChI is InChI=1S/C30H30O3S2/c1-31-25-13-5-21(6-14-25)29(23-9-17-27(34-3)18-10-23)33-30(22-7-15-26(32-2)16-8-22)24-11-19-28(35-4)20-12-24/h5-20,29-30H,1-4H3. The first-order chi connectivity index (χ1) is 17.1. The Morgan fingerprint density at radius 3 is 1.00 bits per heavy atom. The molecule has 5 heteroatoms. The van der Waals surface area contributed by atoms with E-state index in [1.165, 1.54) is 9.79 Å². The molecule has 180 valence electrons. The Hall–Kier alpha value is -2.86. The molecule has 0 aliphatic carbocycles. The summed E-state index contributed by atoms with van der Waals surface area (Å²) < 4.78 is 17.8. The van der Waals surface area contributed by atoms with Gasteiger partial charge in [0.2, 0.25) is 0 Å². The fraction of sp³-hybridized carbons (Fsp3) is 0.200. The summed E-state index contributed by atoms with van der Waals surface area (Å²) >= 11 is 3.47. The quantitative estimate of drug-likeness (QED) is 0.205. The van der Waals surface area contributed by atoms with E-state index < -0.39 is 0 Å². The highest BCUT2D eigenvalue weighted by molar-refractivity contribution is 7.98. The number of rotatable bonds is 10. The van der Waals surface area contributed by atoms with Gasteiger partial charge in [-0.3, -0.25) is 0 Å². The Morgan fingerprint density at radius 2 is 0.743 bits per heavy atom. The summed E-state index contributed by atoms with van der Waals surface area (Å²) in [5.74, 6) is 1.65. The van der Waals surface area contributed by atoms with Crippen LogP contribution in [0, 0.1) is 0 Å². The van der Waals surface area contributed by atoms with E-state index >= 15 is 0 Å². The maximum Gasteiger partial charge on any atom is 0.118 e. The van der Waals surface area contributed by atoms with E-state index in [2.05, 4.69) is 85.3 Å². The minimum atomic E-state index is -0.260. The lowest BCUT2D eigenvalue weighted by Gasteiger charge is -2.27. The van der Waals surface area contributed by atoms with Gasteiger partial charge < -0.3 is 14.2 Å². The van der Waals surface area contributed by atoms with Gasteiger partial charge in [0.1, 0.15) is 23.7 Å². The predicted molar refractivity (Wildman–Crippen MR) is 147 cm³/mol. The Morgan fingerprint density at radius 1 is 0.457 bits per heavy atom. The third-order valence-corrected chi connectivity index (χ3v) is 7.43. The molecular weight excluding hydrogens is 472 g/mol. The fourth-order valence-electron chi connectivity index (χ4n) is 3.95. The van der Waals surface area contributed by atoms with Gasteiger partial charge in [-0.1, -0.05) is 48.5 Å². The van der Waals surface area contributed by atoms with Crippen molar-refractivity contribution in [3.05, 3.63) is 119 Å². The highest BCUT2D eigenvalue weighted by Gasteiger charge is 2.24. The lowest BCUT2D eigenvalue weighted by molar-refractivity contribution is 0.0307. The van der Waals surface area contributed by atoms with Crippen LogP contribution < -0.4 is 9.47 Å². The SMILES string of the molecule is COc1ccc(C(OC(c2ccc(OC)cc2)c2ccc(SC)cc2)c2ccc(SC)cc2)cc1. The van der Waals surface area contributed by atoms with Crippen molar-refractivity contribution in [3.8, 4) is 11.5 Å². The van der Waals surface area contributed by atoms with E-state index in [0.717, 1.165) is 33.8 Å². The van der Waals surface area contributed by atoms with Crippen LogP contribution in [0.15, 0.2) is 107 Å². The minimum Gasteiger partial charge on any atom is -0.497 e. The molecule has 2 unspecified atom stereocenters. The number of methoxy groups -OCH3 is 2. The van der Waals surface area contributed by atoms with Crippen LogP contribution in [0.4, 0.5) is 0 Å². The molecule has 0 aliphatic heterocycles. The molecule has 4 aromatic rings. The van der Waals surface area contributed by atoms with Crippen molar-refractivity contribution in [1.29, 1.82) is 0 Å². The number of hydrogen-bond donors (Lipinski definition) is 0. The molecule has 0 amide bonds. The van der Waals surface area contributed by atoms with Crippen LogP contribution in [0.25, 0.3) is 0 Å². The zero-order valence-corrected chi connectivity index (χ0v) is 22.1. The Labute approximate surface area is 216 Å². The first-order valence-electron chi connectivity index (χ1n) is 11.4. The average Bonchev–Trinajstić information content (AvgIpc) is 2.94. The molecule has 4 rings (SSSR count). The molecule has 0 N–H and O–H groups in total. The maximum absolute atomic E-state index is 6.99. The van der Waals surface area contributed by atoms with Crippen molar-refractivity contribution in [1.82, 2.24) is 0 Å². The van der Waals surface area contributed by atoms with Crippen LogP contribution in [0.3, 0.4) is 0 Å². The largest absolute Gasteiger partial charge is 0.497 e. The zero-order valence-electron chi connectivity index (χ0n) is 20.4. The Balaban J connectivity index is 1.77. The molecule has 0 aliphatic rings. The lowest BCUT2D eigenvalue weighted by atomic mass is 9.97. The first kappa shape index (κ1) is 25.2. The van der Waals surface area contributed by atoms with Crippen molar-refractivity contribution < 1.29 is 14.2 Å². The third-order valence-electron chi connectivity index (χ3n) is 5.95. The minimum absolute atomic E-state index is 0.260. The summed E-state index contributed by atoms with van der Waals surface area (Å²) in [5, 5.41) is 0. The number of hydrogen-bond acceptors (Lipinski definition) is 5. The van der Waals surface area contributed by atoms with Crippen molar-refractivity contribution >= 4 is 23.5 Å². The van der Waals surface area contributed by atoms with Gasteiger partial charge in [-0.2, -0.15) is 0 Å². The van der Waals surface area contributed by atoms with Gasteiger partial charge in [-0.15, -0.1) is 23.5 Å². The van der Waals surface area contributed by atoms with Gasteiger partial charge in [0.15, 0.2) is 0 Å². The lowest BCUT2D eigenvalue weighted by Crippen LogP contribution is -2.13. The smallest absolute Gasteiger partial charge is 0.118 e. The summed E-state index contributed by atoms with van der Waals surface area (Å²) in [6, 6.07) is 33.5.